The lowest BCUT2D eigenvalue weighted by Crippen LogP contribution is -2.32. The molecule has 0 radical (unpaired) electrons. The summed E-state index contributed by atoms with van der Waals surface area (Å²) in [6.07, 6.45) is 10.2. The van der Waals surface area contributed by atoms with Crippen LogP contribution in [0.25, 0.3) is 0 Å². The van der Waals surface area contributed by atoms with Gasteiger partial charge in [-0.25, -0.2) is 0 Å². The van der Waals surface area contributed by atoms with Crippen molar-refractivity contribution in [3.63, 3.8) is 0 Å². The van der Waals surface area contributed by atoms with E-state index >= 15 is 0 Å². The number of nitrogens with one attached hydrogen (secondary N) is 1. The highest BCUT2D eigenvalue weighted by Gasteiger charge is 2.51. The van der Waals surface area contributed by atoms with E-state index in [2.05, 4.69) is 10.2 Å². The van der Waals surface area contributed by atoms with Gasteiger partial charge in [-0.2, -0.15) is 0 Å². The van der Waals surface area contributed by atoms with E-state index < -0.39 is 0 Å². The topological polar surface area (TPSA) is 15.3 Å². The van der Waals surface area contributed by atoms with E-state index in [0.717, 1.165) is 17.8 Å². The smallest absolute Gasteiger partial charge is 0.000664 e. The third kappa shape index (κ3) is 3.03. The van der Waals surface area contributed by atoms with Gasteiger partial charge in [0.05, 0.1) is 0 Å². The first kappa shape index (κ1) is 12.0. The highest BCUT2D eigenvalue weighted by atomic mass is 15.1. The zero-order chi connectivity index (χ0) is 11.5. The maximum atomic E-state index is 3.69. The molecule has 0 aromatic carbocycles. The first-order valence-corrected chi connectivity index (χ1v) is 7.88. The second-order valence-electron chi connectivity index (χ2n) is 6.38. The minimum atomic E-state index is 1.07. The number of likely N-dealkylation sites (tertiary alicyclic amines) is 1. The van der Waals surface area contributed by atoms with E-state index in [1.165, 1.54) is 77.7 Å². The number of hydrogen-bond acceptors (Lipinski definition) is 2. The normalized spacial score (nSPS) is 37.1. The third-order valence-electron chi connectivity index (χ3n) is 5.24. The van der Waals surface area contributed by atoms with Crippen LogP contribution in [-0.2, 0) is 0 Å². The number of fused-ring (bicyclic) bond motifs is 1. The van der Waals surface area contributed by atoms with E-state index in [0.29, 0.717) is 0 Å². The summed E-state index contributed by atoms with van der Waals surface area (Å²) >= 11 is 0. The highest BCUT2D eigenvalue weighted by molar-refractivity contribution is 5.01. The van der Waals surface area contributed by atoms with Crippen molar-refractivity contribution in [2.75, 3.05) is 32.7 Å². The van der Waals surface area contributed by atoms with Crippen molar-refractivity contribution in [3.8, 4) is 0 Å². The van der Waals surface area contributed by atoms with E-state index in [1.54, 1.807) is 0 Å². The molecule has 3 rings (SSSR count). The molecule has 0 aromatic rings. The molecule has 2 unspecified atom stereocenters. The Morgan fingerprint density at radius 2 is 1.71 bits per heavy atom. The zero-order valence-corrected chi connectivity index (χ0v) is 11.2. The van der Waals surface area contributed by atoms with Crippen LogP contribution in [0.15, 0.2) is 0 Å². The molecule has 2 aliphatic carbocycles. The van der Waals surface area contributed by atoms with Crippen molar-refractivity contribution in [1.29, 1.82) is 0 Å². The molecule has 0 bridgehead atoms. The van der Waals surface area contributed by atoms with Crippen molar-refractivity contribution >= 4 is 0 Å². The van der Waals surface area contributed by atoms with Crippen molar-refractivity contribution in [1.82, 2.24) is 10.2 Å². The Kier molecular flexibility index (Phi) is 4.02. The van der Waals surface area contributed by atoms with Gasteiger partial charge in [0.25, 0.3) is 0 Å². The van der Waals surface area contributed by atoms with Crippen LogP contribution in [0.4, 0.5) is 0 Å². The van der Waals surface area contributed by atoms with Crippen LogP contribution in [0, 0.1) is 17.8 Å². The Bertz CT molecular complexity index is 221. The molecule has 98 valence electrons. The maximum Gasteiger partial charge on any atom is -0.000664 e. The molecule has 1 heterocycles. The third-order valence-corrected chi connectivity index (χ3v) is 5.24. The second kappa shape index (κ2) is 5.71. The van der Waals surface area contributed by atoms with Crippen LogP contribution in [0.5, 0.6) is 0 Å². The van der Waals surface area contributed by atoms with E-state index in [-0.39, 0.29) is 0 Å². The molecule has 0 aromatic heterocycles. The van der Waals surface area contributed by atoms with Crippen molar-refractivity contribution < 1.29 is 0 Å². The van der Waals surface area contributed by atoms with E-state index in [9.17, 15) is 0 Å². The van der Waals surface area contributed by atoms with E-state index in [1.807, 2.05) is 0 Å². The first-order chi connectivity index (χ1) is 8.45. The fraction of sp³-hybridized carbons (Fsp3) is 1.00. The van der Waals surface area contributed by atoms with Crippen LogP contribution in [0.1, 0.15) is 44.9 Å². The molecule has 2 nitrogen and oxygen atoms in total. The fourth-order valence-corrected chi connectivity index (χ4v) is 4.15. The van der Waals surface area contributed by atoms with Crippen LogP contribution in [-0.4, -0.2) is 37.6 Å². The number of rotatable bonds is 6. The number of hydrogen-bond donors (Lipinski definition) is 1. The summed E-state index contributed by atoms with van der Waals surface area (Å²) < 4.78 is 0. The molecule has 1 N–H and O–H groups in total. The summed E-state index contributed by atoms with van der Waals surface area (Å²) in [5, 5.41) is 3.69. The molecule has 2 atom stereocenters. The SMILES string of the molecule is C1CCN(CCCNCC2C3CCCC32)CC1. The number of nitrogens with zero attached hydrogens (tertiary/aromatic N) is 1. The maximum absolute atomic E-state index is 3.69. The van der Waals surface area contributed by atoms with Gasteiger partial charge in [-0.15, -0.1) is 0 Å². The van der Waals surface area contributed by atoms with Crippen LogP contribution < -0.4 is 5.32 Å². The monoisotopic (exact) mass is 236 g/mol. The average Bonchev–Trinajstić information content (AvgIpc) is 2.82. The zero-order valence-electron chi connectivity index (χ0n) is 11.2. The minimum Gasteiger partial charge on any atom is -0.316 e. The largest absolute Gasteiger partial charge is 0.316 e. The van der Waals surface area contributed by atoms with Gasteiger partial charge in [-0.05, 0) is 82.6 Å². The Morgan fingerprint density at radius 3 is 2.47 bits per heavy atom. The van der Waals surface area contributed by atoms with Gasteiger partial charge in [-0.1, -0.05) is 12.8 Å². The van der Waals surface area contributed by atoms with Crippen molar-refractivity contribution in [2.45, 2.75) is 44.9 Å². The highest BCUT2D eigenvalue weighted by Crippen LogP contribution is 2.56. The Labute approximate surface area is 106 Å². The Morgan fingerprint density at radius 1 is 0.941 bits per heavy atom. The van der Waals surface area contributed by atoms with Gasteiger partial charge in [0.2, 0.25) is 0 Å². The lowest BCUT2D eigenvalue weighted by atomic mass is 10.1. The molecule has 2 saturated carbocycles. The Balaban J connectivity index is 1.19. The molecular weight excluding hydrogens is 208 g/mol. The standard InChI is InChI=1S/C15H28N2/c1-2-9-17(10-3-1)11-5-8-16-12-15-13-6-4-7-14(13)15/h13-16H,1-12H2. The van der Waals surface area contributed by atoms with E-state index in [4.69, 9.17) is 0 Å². The average molecular weight is 236 g/mol. The van der Waals surface area contributed by atoms with Crippen molar-refractivity contribution in [3.05, 3.63) is 0 Å². The molecule has 2 heteroatoms. The minimum absolute atomic E-state index is 1.07. The summed E-state index contributed by atoms with van der Waals surface area (Å²) in [6.45, 7) is 6.59. The molecule has 1 saturated heterocycles. The molecular formula is C15H28N2. The van der Waals surface area contributed by atoms with Gasteiger partial charge < -0.3 is 10.2 Å². The molecule has 0 amide bonds. The molecule has 3 aliphatic rings. The van der Waals surface area contributed by atoms with Gasteiger partial charge in [0.15, 0.2) is 0 Å². The summed E-state index contributed by atoms with van der Waals surface area (Å²) in [5.41, 5.74) is 0. The Hall–Kier alpha value is -0.0800. The fourth-order valence-electron chi connectivity index (χ4n) is 4.15. The second-order valence-corrected chi connectivity index (χ2v) is 6.38. The summed E-state index contributed by atoms with van der Waals surface area (Å²) in [7, 11) is 0. The van der Waals surface area contributed by atoms with Gasteiger partial charge in [-0.3, -0.25) is 0 Å². The summed E-state index contributed by atoms with van der Waals surface area (Å²) in [6, 6.07) is 0. The van der Waals surface area contributed by atoms with Crippen LogP contribution in [0.3, 0.4) is 0 Å². The van der Waals surface area contributed by atoms with Gasteiger partial charge in [0, 0.05) is 0 Å². The van der Waals surface area contributed by atoms with Crippen LogP contribution in [0.2, 0.25) is 0 Å². The summed E-state index contributed by atoms with van der Waals surface area (Å²) in [4.78, 5) is 2.65. The molecule has 0 spiro atoms. The predicted molar refractivity (Wildman–Crippen MR) is 72.1 cm³/mol. The van der Waals surface area contributed by atoms with Gasteiger partial charge in [0.1, 0.15) is 0 Å². The lowest BCUT2D eigenvalue weighted by molar-refractivity contribution is 0.225. The van der Waals surface area contributed by atoms with Gasteiger partial charge >= 0.3 is 0 Å². The lowest BCUT2D eigenvalue weighted by Gasteiger charge is -2.26. The molecule has 1 aliphatic heterocycles. The molecule has 3 fully saturated rings. The predicted octanol–water partition coefficient (Wildman–Crippen LogP) is 2.50. The number of piperidine rings is 1. The van der Waals surface area contributed by atoms with Crippen molar-refractivity contribution in [2.24, 2.45) is 17.8 Å². The quantitative estimate of drug-likeness (QED) is 0.713. The summed E-state index contributed by atoms with van der Waals surface area (Å²) in [5.74, 6) is 3.33. The molecule has 17 heavy (non-hydrogen) atoms. The first-order valence-electron chi connectivity index (χ1n) is 7.88. The van der Waals surface area contributed by atoms with Crippen LogP contribution >= 0.6 is 0 Å².